The van der Waals surface area contributed by atoms with Crippen LogP contribution in [0.25, 0.3) is 6.08 Å². The van der Waals surface area contributed by atoms with Gasteiger partial charge in [-0.2, -0.15) is 0 Å². The number of hydrogen-bond donors (Lipinski definition) is 2. The molecule has 9 heteroatoms. The molecule has 3 aromatic rings. The molecule has 36 heavy (non-hydrogen) atoms. The molecule has 1 saturated heterocycles. The van der Waals surface area contributed by atoms with Crippen LogP contribution in [0.1, 0.15) is 34.5 Å². The highest BCUT2D eigenvalue weighted by Gasteiger charge is 2.22. The number of nitrogens with zero attached hydrogens (tertiary/aromatic N) is 1. The van der Waals surface area contributed by atoms with E-state index in [1.165, 1.54) is 32.6 Å². The molecule has 0 atom stereocenters. The number of ether oxygens (including phenoxy) is 2. The van der Waals surface area contributed by atoms with Crippen molar-refractivity contribution in [1.29, 1.82) is 0 Å². The molecule has 0 unspecified atom stereocenters. The standard InChI is InChI=1S/C27H27N3O6/c1-34-23-11-10-19(15-24(23)35-2)26(32)29-22(16-21-8-5-13-36-21)27(33)28-17-18-6-3-7-20(14-18)30-12-4-9-25(30)31/h3,5-8,10-11,13-16H,4,9,12,17H2,1-2H3,(H,28,33)(H,29,32)/b22-16-. The van der Waals surface area contributed by atoms with Crippen LogP contribution >= 0.6 is 0 Å². The molecule has 0 aliphatic carbocycles. The fourth-order valence-electron chi connectivity index (χ4n) is 3.88. The van der Waals surface area contributed by atoms with Crippen molar-refractivity contribution in [2.75, 3.05) is 25.7 Å². The Balaban J connectivity index is 1.49. The lowest BCUT2D eigenvalue weighted by molar-refractivity contribution is -0.118. The predicted octanol–water partition coefficient (Wildman–Crippen LogP) is 3.51. The van der Waals surface area contributed by atoms with Crippen molar-refractivity contribution in [2.45, 2.75) is 19.4 Å². The molecule has 1 aromatic heterocycles. The molecule has 3 amide bonds. The van der Waals surface area contributed by atoms with Crippen LogP contribution in [0.3, 0.4) is 0 Å². The van der Waals surface area contributed by atoms with Crippen LogP contribution in [0.2, 0.25) is 0 Å². The molecule has 0 spiro atoms. The first-order valence-corrected chi connectivity index (χ1v) is 11.4. The zero-order chi connectivity index (χ0) is 25.5. The lowest BCUT2D eigenvalue weighted by Crippen LogP contribution is -2.34. The van der Waals surface area contributed by atoms with E-state index in [2.05, 4.69) is 10.6 Å². The molecule has 0 saturated carbocycles. The molecule has 1 fully saturated rings. The zero-order valence-corrected chi connectivity index (χ0v) is 20.1. The minimum Gasteiger partial charge on any atom is -0.493 e. The monoisotopic (exact) mass is 489 g/mol. The lowest BCUT2D eigenvalue weighted by Gasteiger charge is -2.17. The lowest BCUT2D eigenvalue weighted by atomic mass is 10.1. The maximum Gasteiger partial charge on any atom is 0.268 e. The highest BCUT2D eigenvalue weighted by Crippen LogP contribution is 2.27. The zero-order valence-electron chi connectivity index (χ0n) is 20.1. The van der Waals surface area contributed by atoms with Gasteiger partial charge in [-0.25, -0.2) is 0 Å². The number of amides is 3. The van der Waals surface area contributed by atoms with Gasteiger partial charge in [0.25, 0.3) is 11.8 Å². The van der Waals surface area contributed by atoms with E-state index in [0.29, 0.717) is 30.2 Å². The minimum absolute atomic E-state index is 0.00982. The second kappa shape index (κ2) is 11.3. The van der Waals surface area contributed by atoms with Crippen molar-refractivity contribution in [3.63, 3.8) is 0 Å². The summed E-state index contributed by atoms with van der Waals surface area (Å²) in [6.45, 7) is 0.892. The summed E-state index contributed by atoms with van der Waals surface area (Å²) in [5.41, 5.74) is 1.92. The average molecular weight is 490 g/mol. The SMILES string of the molecule is COc1ccc(C(=O)N/C(=C\c2ccco2)C(=O)NCc2cccc(N3CCCC3=O)c2)cc1OC. The first kappa shape index (κ1) is 24.6. The number of rotatable bonds is 9. The highest BCUT2D eigenvalue weighted by molar-refractivity contribution is 6.05. The largest absolute Gasteiger partial charge is 0.493 e. The smallest absolute Gasteiger partial charge is 0.268 e. The maximum absolute atomic E-state index is 13.1. The van der Waals surface area contributed by atoms with Crippen LogP contribution in [-0.2, 0) is 16.1 Å². The second-order valence-corrected chi connectivity index (χ2v) is 8.10. The Morgan fingerprint density at radius 1 is 1.06 bits per heavy atom. The summed E-state index contributed by atoms with van der Waals surface area (Å²) in [5.74, 6) is 0.375. The molecule has 2 N–H and O–H groups in total. The third-order valence-electron chi connectivity index (χ3n) is 5.72. The molecular formula is C27H27N3O6. The number of anilines is 1. The van der Waals surface area contributed by atoms with E-state index in [1.54, 1.807) is 29.2 Å². The summed E-state index contributed by atoms with van der Waals surface area (Å²) in [5, 5.41) is 5.49. The first-order chi connectivity index (χ1) is 17.5. The van der Waals surface area contributed by atoms with E-state index < -0.39 is 11.8 Å². The van der Waals surface area contributed by atoms with E-state index >= 15 is 0 Å². The van der Waals surface area contributed by atoms with Gasteiger partial charge >= 0.3 is 0 Å². The molecular weight excluding hydrogens is 462 g/mol. The Labute approximate surface area is 208 Å². The molecule has 2 aromatic carbocycles. The molecule has 1 aliphatic heterocycles. The Bertz CT molecular complexity index is 1280. The maximum atomic E-state index is 13.1. The van der Waals surface area contributed by atoms with Crippen LogP contribution in [0.15, 0.2) is 71.0 Å². The Kier molecular flexibility index (Phi) is 7.69. The Morgan fingerprint density at radius 2 is 1.89 bits per heavy atom. The van der Waals surface area contributed by atoms with Gasteiger partial charge in [-0.05, 0) is 54.4 Å². The number of nitrogens with one attached hydrogen (secondary N) is 2. The quantitative estimate of drug-likeness (QED) is 0.445. The van der Waals surface area contributed by atoms with Crippen molar-refractivity contribution < 1.29 is 28.3 Å². The molecule has 0 bridgehead atoms. The van der Waals surface area contributed by atoms with E-state index in [-0.39, 0.29) is 23.7 Å². The van der Waals surface area contributed by atoms with Crippen LogP contribution < -0.4 is 25.0 Å². The summed E-state index contributed by atoms with van der Waals surface area (Å²) in [4.78, 5) is 39.9. The fourth-order valence-corrected chi connectivity index (χ4v) is 3.88. The predicted molar refractivity (Wildman–Crippen MR) is 134 cm³/mol. The first-order valence-electron chi connectivity index (χ1n) is 11.4. The highest BCUT2D eigenvalue weighted by atomic mass is 16.5. The fraction of sp³-hybridized carbons (Fsp3) is 0.222. The number of methoxy groups -OCH3 is 2. The van der Waals surface area contributed by atoms with Gasteiger partial charge < -0.3 is 29.4 Å². The van der Waals surface area contributed by atoms with Gasteiger partial charge in [0, 0.05) is 36.8 Å². The number of carbonyl (C=O) groups is 3. The Hall–Kier alpha value is -4.53. The third kappa shape index (κ3) is 5.75. The number of hydrogen-bond acceptors (Lipinski definition) is 6. The summed E-state index contributed by atoms with van der Waals surface area (Å²) in [6.07, 6.45) is 4.30. The minimum atomic E-state index is -0.501. The molecule has 9 nitrogen and oxygen atoms in total. The molecule has 4 rings (SSSR count). The van der Waals surface area contributed by atoms with Crippen molar-refractivity contribution in [1.82, 2.24) is 10.6 Å². The van der Waals surface area contributed by atoms with Gasteiger partial charge in [-0.15, -0.1) is 0 Å². The van der Waals surface area contributed by atoms with E-state index in [1.807, 2.05) is 24.3 Å². The van der Waals surface area contributed by atoms with Gasteiger partial charge in [0.15, 0.2) is 11.5 Å². The molecule has 1 aliphatic rings. The molecule has 186 valence electrons. The van der Waals surface area contributed by atoms with Crippen molar-refractivity contribution in [2.24, 2.45) is 0 Å². The van der Waals surface area contributed by atoms with Crippen LogP contribution in [0, 0.1) is 0 Å². The van der Waals surface area contributed by atoms with Crippen LogP contribution in [0.4, 0.5) is 5.69 Å². The Morgan fingerprint density at radius 3 is 2.58 bits per heavy atom. The van der Waals surface area contributed by atoms with Gasteiger partial charge in [0.1, 0.15) is 11.5 Å². The van der Waals surface area contributed by atoms with E-state index in [0.717, 1.165) is 17.7 Å². The number of benzene rings is 2. The second-order valence-electron chi connectivity index (χ2n) is 8.10. The van der Waals surface area contributed by atoms with Gasteiger partial charge in [-0.1, -0.05) is 12.1 Å². The van der Waals surface area contributed by atoms with Gasteiger partial charge in [0.05, 0.1) is 20.5 Å². The molecule has 2 heterocycles. The van der Waals surface area contributed by atoms with Crippen molar-refractivity contribution in [3.05, 3.63) is 83.4 Å². The molecule has 0 radical (unpaired) electrons. The average Bonchev–Trinajstić information content (AvgIpc) is 3.58. The van der Waals surface area contributed by atoms with E-state index in [4.69, 9.17) is 13.9 Å². The number of furan rings is 1. The van der Waals surface area contributed by atoms with Gasteiger partial charge in [-0.3, -0.25) is 14.4 Å². The normalized spacial score (nSPS) is 13.4. The summed E-state index contributed by atoms with van der Waals surface area (Å²) in [6, 6.07) is 15.5. The topological polar surface area (TPSA) is 110 Å². The van der Waals surface area contributed by atoms with Gasteiger partial charge in [0.2, 0.25) is 5.91 Å². The summed E-state index contributed by atoms with van der Waals surface area (Å²) >= 11 is 0. The summed E-state index contributed by atoms with van der Waals surface area (Å²) in [7, 11) is 2.98. The summed E-state index contributed by atoms with van der Waals surface area (Å²) < 4.78 is 15.8. The van der Waals surface area contributed by atoms with Crippen LogP contribution in [0.5, 0.6) is 11.5 Å². The van der Waals surface area contributed by atoms with Crippen molar-refractivity contribution >= 4 is 29.5 Å². The number of carbonyl (C=O) groups excluding carboxylic acids is 3. The third-order valence-corrected chi connectivity index (χ3v) is 5.72. The van der Waals surface area contributed by atoms with Crippen LogP contribution in [-0.4, -0.2) is 38.5 Å². The van der Waals surface area contributed by atoms with Crippen molar-refractivity contribution in [3.8, 4) is 11.5 Å². The van der Waals surface area contributed by atoms with E-state index in [9.17, 15) is 14.4 Å².